The quantitative estimate of drug-likeness (QED) is 0.748. The molecule has 3 amide bonds. The van der Waals surface area contributed by atoms with Crippen molar-refractivity contribution >= 4 is 29.5 Å². The number of fused-ring (bicyclic) bond motifs is 1. The van der Waals surface area contributed by atoms with Crippen LogP contribution in [0.2, 0.25) is 0 Å². The SMILES string of the molecule is CSCCC(C(=O)NCc1ccccc1C)N1C(=O)c2ccccc2C1=O. The molecule has 0 spiro atoms. The van der Waals surface area contributed by atoms with E-state index in [0.717, 1.165) is 16.0 Å². The Bertz CT molecular complexity index is 846. The molecule has 0 aliphatic carbocycles. The Labute approximate surface area is 163 Å². The highest BCUT2D eigenvalue weighted by Crippen LogP contribution is 2.26. The molecule has 3 rings (SSSR count). The number of thioether (sulfide) groups is 1. The van der Waals surface area contributed by atoms with Gasteiger partial charge >= 0.3 is 0 Å². The molecule has 1 aliphatic heterocycles. The summed E-state index contributed by atoms with van der Waals surface area (Å²) in [6.07, 6.45) is 2.36. The number of carbonyl (C=O) groups excluding carboxylic acids is 3. The molecule has 0 saturated carbocycles. The summed E-state index contributed by atoms with van der Waals surface area (Å²) in [6.45, 7) is 2.35. The zero-order chi connectivity index (χ0) is 19.4. The van der Waals surface area contributed by atoms with Gasteiger partial charge in [-0.15, -0.1) is 0 Å². The van der Waals surface area contributed by atoms with Crippen LogP contribution >= 0.6 is 11.8 Å². The van der Waals surface area contributed by atoms with Crippen LogP contribution in [0.1, 0.15) is 38.3 Å². The molecule has 0 bridgehead atoms. The Hall–Kier alpha value is -2.60. The van der Waals surface area contributed by atoms with Crippen molar-refractivity contribution in [3.05, 3.63) is 70.8 Å². The molecule has 2 aromatic rings. The minimum Gasteiger partial charge on any atom is -0.350 e. The van der Waals surface area contributed by atoms with Gasteiger partial charge in [0.2, 0.25) is 5.91 Å². The summed E-state index contributed by atoms with van der Waals surface area (Å²) in [5, 5.41) is 2.90. The lowest BCUT2D eigenvalue weighted by molar-refractivity contribution is -0.125. The second-order valence-electron chi connectivity index (χ2n) is 6.47. The lowest BCUT2D eigenvalue weighted by Gasteiger charge is -2.25. The van der Waals surface area contributed by atoms with E-state index in [2.05, 4.69) is 5.32 Å². The second-order valence-corrected chi connectivity index (χ2v) is 7.45. The van der Waals surface area contributed by atoms with Crippen LogP contribution in [-0.2, 0) is 11.3 Å². The van der Waals surface area contributed by atoms with Gasteiger partial charge in [-0.2, -0.15) is 11.8 Å². The van der Waals surface area contributed by atoms with E-state index in [1.807, 2.05) is 37.4 Å². The molecule has 1 atom stereocenters. The average Bonchev–Trinajstić information content (AvgIpc) is 2.93. The van der Waals surface area contributed by atoms with E-state index in [0.29, 0.717) is 29.8 Å². The molecule has 5 nitrogen and oxygen atoms in total. The molecule has 1 heterocycles. The maximum atomic E-state index is 12.9. The van der Waals surface area contributed by atoms with E-state index < -0.39 is 17.9 Å². The highest BCUT2D eigenvalue weighted by Gasteiger charge is 2.42. The van der Waals surface area contributed by atoms with Crippen LogP contribution in [0.3, 0.4) is 0 Å². The van der Waals surface area contributed by atoms with Gasteiger partial charge in [-0.3, -0.25) is 19.3 Å². The summed E-state index contributed by atoms with van der Waals surface area (Å²) >= 11 is 1.58. The van der Waals surface area contributed by atoms with E-state index >= 15 is 0 Å². The van der Waals surface area contributed by atoms with Gasteiger partial charge in [0.1, 0.15) is 6.04 Å². The highest BCUT2D eigenvalue weighted by molar-refractivity contribution is 7.98. The predicted molar refractivity (Wildman–Crippen MR) is 107 cm³/mol. The third kappa shape index (κ3) is 3.90. The Morgan fingerprint density at radius 2 is 1.63 bits per heavy atom. The molecule has 6 heteroatoms. The van der Waals surface area contributed by atoms with Crippen LogP contribution in [0, 0.1) is 6.92 Å². The van der Waals surface area contributed by atoms with Crippen molar-refractivity contribution in [1.29, 1.82) is 0 Å². The monoisotopic (exact) mass is 382 g/mol. The van der Waals surface area contributed by atoms with Crippen molar-refractivity contribution in [1.82, 2.24) is 10.2 Å². The largest absolute Gasteiger partial charge is 0.350 e. The van der Waals surface area contributed by atoms with Crippen LogP contribution < -0.4 is 5.32 Å². The molecule has 0 radical (unpaired) electrons. The van der Waals surface area contributed by atoms with Crippen LogP contribution in [0.5, 0.6) is 0 Å². The fourth-order valence-electron chi connectivity index (χ4n) is 3.21. The first-order valence-electron chi connectivity index (χ1n) is 8.82. The number of hydrogen-bond acceptors (Lipinski definition) is 4. The Balaban J connectivity index is 1.80. The summed E-state index contributed by atoms with van der Waals surface area (Å²) in [5.74, 6) is -0.419. The third-order valence-corrected chi connectivity index (χ3v) is 5.39. The number of amides is 3. The topological polar surface area (TPSA) is 66.5 Å². The van der Waals surface area contributed by atoms with Crippen LogP contribution in [0.4, 0.5) is 0 Å². The summed E-state index contributed by atoms with van der Waals surface area (Å²) in [4.78, 5) is 39.5. The van der Waals surface area contributed by atoms with Crippen LogP contribution in [0.15, 0.2) is 48.5 Å². The highest BCUT2D eigenvalue weighted by atomic mass is 32.2. The number of nitrogens with one attached hydrogen (secondary N) is 1. The average molecular weight is 382 g/mol. The van der Waals surface area contributed by atoms with E-state index in [4.69, 9.17) is 0 Å². The fraction of sp³-hybridized carbons (Fsp3) is 0.286. The van der Waals surface area contributed by atoms with Gasteiger partial charge in [-0.25, -0.2) is 0 Å². The van der Waals surface area contributed by atoms with Crippen LogP contribution in [0.25, 0.3) is 0 Å². The maximum absolute atomic E-state index is 12.9. The van der Waals surface area contributed by atoms with Gasteiger partial charge in [0, 0.05) is 6.54 Å². The molecule has 0 fully saturated rings. The molecular formula is C21H22N2O3S. The minimum atomic E-state index is -0.811. The number of benzene rings is 2. The molecule has 1 N–H and O–H groups in total. The number of aryl methyl sites for hydroxylation is 1. The fourth-order valence-corrected chi connectivity index (χ4v) is 3.67. The lowest BCUT2D eigenvalue weighted by Crippen LogP contribution is -2.49. The van der Waals surface area contributed by atoms with Crippen LogP contribution in [-0.4, -0.2) is 40.7 Å². The lowest BCUT2D eigenvalue weighted by atomic mass is 10.1. The summed E-state index contributed by atoms with van der Waals surface area (Å²) < 4.78 is 0. The first kappa shape index (κ1) is 19.2. The van der Waals surface area contributed by atoms with E-state index in [9.17, 15) is 14.4 Å². The molecule has 0 saturated heterocycles. The standard InChI is InChI=1S/C21H22N2O3S/c1-14-7-3-4-8-15(14)13-22-19(24)18(11-12-27-2)23-20(25)16-9-5-6-10-17(16)21(23)26/h3-10,18H,11-13H2,1-2H3,(H,22,24). The first-order chi connectivity index (χ1) is 13.0. The van der Waals surface area contributed by atoms with Gasteiger partial charge in [0.15, 0.2) is 0 Å². The molecule has 27 heavy (non-hydrogen) atoms. The number of hydrogen-bond donors (Lipinski definition) is 1. The minimum absolute atomic E-state index is 0.304. The normalized spacial score (nSPS) is 14.2. The van der Waals surface area contributed by atoms with E-state index in [-0.39, 0.29) is 5.91 Å². The number of imide groups is 1. The Morgan fingerprint density at radius 3 is 2.22 bits per heavy atom. The van der Waals surface area contributed by atoms with Crippen molar-refractivity contribution in [3.63, 3.8) is 0 Å². The summed E-state index contributed by atoms with van der Waals surface area (Å²) in [5.41, 5.74) is 2.82. The Kier molecular flexibility index (Phi) is 5.96. The predicted octanol–water partition coefficient (Wildman–Crippen LogP) is 3.03. The third-order valence-electron chi connectivity index (χ3n) is 4.75. The van der Waals surface area contributed by atoms with Gasteiger partial charge in [-0.1, -0.05) is 36.4 Å². The van der Waals surface area contributed by atoms with E-state index in [1.54, 1.807) is 36.0 Å². The molecule has 1 unspecified atom stereocenters. The zero-order valence-electron chi connectivity index (χ0n) is 15.4. The number of nitrogens with zero attached hydrogens (tertiary/aromatic N) is 1. The Morgan fingerprint density at radius 1 is 1.04 bits per heavy atom. The van der Waals surface area contributed by atoms with Crippen molar-refractivity contribution in [2.24, 2.45) is 0 Å². The van der Waals surface area contributed by atoms with E-state index in [1.165, 1.54) is 0 Å². The summed E-state index contributed by atoms with van der Waals surface area (Å²) in [6, 6.07) is 13.7. The van der Waals surface area contributed by atoms with Crippen molar-refractivity contribution in [2.75, 3.05) is 12.0 Å². The maximum Gasteiger partial charge on any atom is 0.262 e. The molecule has 1 aliphatic rings. The molecule has 0 aromatic heterocycles. The molecular weight excluding hydrogens is 360 g/mol. The van der Waals surface area contributed by atoms with Gasteiger partial charge in [0.05, 0.1) is 11.1 Å². The van der Waals surface area contributed by atoms with Crippen molar-refractivity contribution < 1.29 is 14.4 Å². The number of carbonyl (C=O) groups is 3. The first-order valence-corrected chi connectivity index (χ1v) is 10.2. The number of rotatable bonds is 7. The van der Waals surface area contributed by atoms with Gasteiger partial charge < -0.3 is 5.32 Å². The molecule has 140 valence electrons. The van der Waals surface area contributed by atoms with Crippen molar-refractivity contribution in [2.45, 2.75) is 25.9 Å². The van der Waals surface area contributed by atoms with Crippen molar-refractivity contribution in [3.8, 4) is 0 Å². The van der Waals surface area contributed by atoms with Gasteiger partial charge in [-0.05, 0) is 48.6 Å². The smallest absolute Gasteiger partial charge is 0.262 e. The van der Waals surface area contributed by atoms with Gasteiger partial charge in [0.25, 0.3) is 11.8 Å². The zero-order valence-corrected chi connectivity index (χ0v) is 16.2. The summed E-state index contributed by atoms with van der Waals surface area (Å²) in [7, 11) is 0. The molecule has 2 aromatic carbocycles. The second kappa shape index (κ2) is 8.39.